The molecule has 1 heterocycles. The van der Waals surface area contributed by atoms with Crippen molar-refractivity contribution in [2.75, 3.05) is 14.1 Å². The Bertz CT molecular complexity index is 800. The number of nitrogens with one attached hydrogen (secondary N) is 1. The summed E-state index contributed by atoms with van der Waals surface area (Å²) in [6.07, 6.45) is 0. The maximum Gasteiger partial charge on any atom is 0.245 e. The number of hydrogen-bond acceptors (Lipinski definition) is 6. The van der Waals surface area contributed by atoms with Crippen molar-refractivity contribution in [3.8, 4) is 11.4 Å². The zero-order valence-electron chi connectivity index (χ0n) is 16.0. The second-order valence-electron chi connectivity index (χ2n) is 6.82. The van der Waals surface area contributed by atoms with E-state index in [2.05, 4.69) is 31.4 Å². The number of carbonyl (C=O) groups is 1. The van der Waals surface area contributed by atoms with E-state index >= 15 is 0 Å². The molecule has 2 aromatic rings. The zero-order chi connectivity index (χ0) is 20.2. The van der Waals surface area contributed by atoms with Gasteiger partial charge in [-0.1, -0.05) is 48.5 Å². The Morgan fingerprint density at radius 3 is 2.56 bits per heavy atom. The summed E-state index contributed by atoms with van der Waals surface area (Å²) >= 11 is 0. The van der Waals surface area contributed by atoms with Crippen molar-refractivity contribution in [3.05, 3.63) is 47.9 Å². The van der Waals surface area contributed by atoms with E-state index in [0.29, 0.717) is 17.3 Å². The third-order valence-electron chi connectivity index (χ3n) is 3.72. The summed E-state index contributed by atoms with van der Waals surface area (Å²) < 4.78 is 5.18. The average Bonchev–Trinajstić information content (AvgIpc) is 3.08. The van der Waals surface area contributed by atoms with Gasteiger partial charge in [0, 0.05) is 24.7 Å². The number of benzene rings is 1. The van der Waals surface area contributed by atoms with E-state index in [1.165, 1.54) is 4.90 Å². The number of nitrogens with zero attached hydrogens (tertiary/aromatic N) is 3. The largest absolute Gasteiger partial charge is 0.347 e. The number of likely N-dealkylation sites (N-methyl/N-ethyl adjacent to an activating group) is 1. The minimum atomic E-state index is -0.769. The Kier molecular flexibility index (Phi) is 6.92. The summed E-state index contributed by atoms with van der Waals surface area (Å²) in [6.45, 7) is 7.65. The van der Waals surface area contributed by atoms with E-state index in [1.54, 1.807) is 27.9 Å². The molecule has 0 aliphatic carbocycles. The molecular formula is C18H24BN4O3P. The number of rotatable bonds is 8. The van der Waals surface area contributed by atoms with Crippen LogP contribution in [0.15, 0.2) is 40.9 Å². The predicted octanol–water partition coefficient (Wildman–Crippen LogP) is 2.01. The first kappa shape index (κ1) is 21.3. The van der Waals surface area contributed by atoms with E-state index in [-0.39, 0.29) is 12.5 Å². The number of hydroxylamine groups is 1. The summed E-state index contributed by atoms with van der Waals surface area (Å²) in [7, 11) is 11.8. The molecule has 0 saturated heterocycles. The molecule has 1 aromatic heterocycles. The van der Waals surface area contributed by atoms with Crippen LogP contribution in [-0.2, 0) is 21.3 Å². The molecule has 0 spiro atoms. The Morgan fingerprint density at radius 1 is 1.44 bits per heavy atom. The highest BCUT2D eigenvalue weighted by Crippen LogP contribution is 2.27. The fourth-order valence-corrected chi connectivity index (χ4v) is 2.26. The molecule has 27 heavy (non-hydrogen) atoms. The minimum absolute atomic E-state index is 0.119. The lowest BCUT2D eigenvalue weighted by Gasteiger charge is -2.21. The highest BCUT2D eigenvalue weighted by molar-refractivity contribution is 7.21. The van der Waals surface area contributed by atoms with Gasteiger partial charge in [0.25, 0.3) is 0 Å². The summed E-state index contributed by atoms with van der Waals surface area (Å²) in [5.74, 6) is 0.691. The maximum atomic E-state index is 12.1. The SMILES string of the molecule is [B]C(C)(P)c1nc(-c2ccc(CONC(C(=C)C)C(=O)N(C)C)cc2)no1. The van der Waals surface area contributed by atoms with E-state index in [4.69, 9.17) is 17.2 Å². The lowest BCUT2D eigenvalue weighted by atomic mass is 9.88. The van der Waals surface area contributed by atoms with E-state index in [9.17, 15) is 4.79 Å². The van der Waals surface area contributed by atoms with Crippen LogP contribution >= 0.6 is 9.24 Å². The first-order chi connectivity index (χ1) is 12.6. The average molecular weight is 386 g/mol. The molecule has 2 radical (unpaired) electrons. The van der Waals surface area contributed by atoms with Crippen LogP contribution in [0.3, 0.4) is 0 Å². The molecule has 1 N–H and O–H groups in total. The van der Waals surface area contributed by atoms with Gasteiger partial charge in [-0.05, 0) is 12.5 Å². The smallest absolute Gasteiger partial charge is 0.245 e. The molecule has 0 bridgehead atoms. The number of aromatic nitrogens is 2. The van der Waals surface area contributed by atoms with Crippen LogP contribution in [0.2, 0.25) is 0 Å². The Balaban J connectivity index is 1.97. The molecule has 0 aliphatic heterocycles. The second kappa shape index (κ2) is 8.78. The van der Waals surface area contributed by atoms with Gasteiger partial charge < -0.3 is 9.42 Å². The lowest BCUT2D eigenvalue weighted by Crippen LogP contribution is -2.44. The van der Waals surface area contributed by atoms with Gasteiger partial charge in [0.15, 0.2) is 0 Å². The maximum absolute atomic E-state index is 12.1. The van der Waals surface area contributed by atoms with E-state index in [1.807, 2.05) is 24.3 Å². The van der Waals surface area contributed by atoms with Gasteiger partial charge in [-0.2, -0.15) is 10.5 Å². The third kappa shape index (κ3) is 5.73. The van der Waals surface area contributed by atoms with Gasteiger partial charge in [0.2, 0.25) is 17.6 Å². The fourth-order valence-electron chi connectivity index (χ4n) is 2.14. The molecule has 0 fully saturated rings. The van der Waals surface area contributed by atoms with Crippen molar-refractivity contribution in [2.24, 2.45) is 0 Å². The normalized spacial score (nSPS) is 14.4. The van der Waals surface area contributed by atoms with Gasteiger partial charge in [-0.3, -0.25) is 9.63 Å². The quantitative estimate of drug-likeness (QED) is 0.324. The molecular weight excluding hydrogens is 362 g/mol. The Hall–Kier alpha value is -2.02. The summed E-state index contributed by atoms with van der Waals surface area (Å²) in [5.41, 5.74) is 5.17. The van der Waals surface area contributed by atoms with Gasteiger partial charge >= 0.3 is 0 Å². The van der Waals surface area contributed by atoms with Crippen LogP contribution in [0.1, 0.15) is 25.3 Å². The summed E-state index contributed by atoms with van der Waals surface area (Å²) in [4.78, 5) is 23.4. The van der Waals surface area contributed by atoms with Gasteiger partial charge in [-0.25, -0.2) is 0 Å². The fraction of sp³-hybridized carbons (Fsp3) is 0.389. The summed E-state index contributed by atoms with van der Waals surface area (Å²) in [5, 5.41) is 3.18. The molecule has 3 atom stereocenters. The number of carbonyl (C=O) groups excluding carboxylic acids is 1. The molecule has 9 heteroatoms. The standard InChI is InChI=1S/C18H24BN4O3P/c1-11(2)14(16(24)23(4)5)21-25-10-12-6-8-13(9-7-12)15-20-17(26-22-15)18(3,19)27/h6-9,14,21H,1,10,27H2,2-5H3. The highest BCUT2D eigenvalue weighted by Gasteiger charge is 2.22. The molecule has 2 rings (SSSR count). The minimum Gasteiger partial charge on any atom is -0.347 e. The molecule has 7 nitrogen and oxygen atoms in total. The van der Waals surface area contributed by atoms with Crippen molar-refractivity contribution in [3.63, 3.8) is 0 Å². The van der Waals surface area contributed by atoms with Crippen LogP contribution in [0.25, 0.3) is 11.4 Å². The van der Waals surface area contributed by atoms with Crippen molar-refractivity contribution < 1.29 is 14.2 Å². The molecule has 1 amide bonds. The van der Waals surface area contributed by atoms with Crippen molar-refractivity contribution >= 4 is 23.0 Å². The van der Waals surface area contributed by atoms with Crippen molar-refractivity contribution in [1.82, 2.24) is 20.5 Å². The van der Waals surface area contributed by atoms with Crippen LogP contribution in [0.5, 0.6) is 0 Å². The van der Waals surface area contributed by atoms with E-state index < -0.39 is 11.1 Å². The Labute approximate surface area is 163 Å². The van der Waals surface area contributed by atoms with Crippen molar-refractivity contribution in [2.45, 2.75) is 31.6 Å². The predicted molar refractivity (Wildman–Crippen MR) is 108 cm³/mol. The molecule has 3 unspecified atom stereocenters. The summed E-state index contributed by atoms with van der Waals surface area (Å²) in [6, 6.07) is 6.92. The van der Waals surface area contributed by atoms with Gasteiger partial charge in [-0.15, -0.1) is 9.24 Å². The van der Waals surface area contributed by atoms with Crippen LogP contribution in [-0.4, -0.2) is 48.9 Å². The molecule has 142 valence electrons. The van der Waals surface area contributed by atoms with Crippen molar-refractivity contribution in [1.29, 1.82) is 0 Å². The topological polar surface area (TPSA) is 80.5 Å². The third-order valence-corrected chi connectivity index (χ3v) is 3.97. The highest BCUT2D eigenvalue weighted by atomic mass is 31.0. The molecule has 0 aliphatic rings. The zero-order valence-corrected chi connectivity index (χ0v) is 17.2. The number of hydrogen-bond donors (Lipinski definition) is 1. The first-order valence-electron chi connectivity index (χ1n) is 8.34. The van der Waals surface area contributed by atoms with Gasteiger partial charge in [0.05, 0.1) is 14.5 Å². The molecule has 0 saturated carbocycles. The van der Waals surface area contributed by atoms with Crippen LogP contribution < -0.4 is 5.48 Å². The van der Waals surface area contributed by atoms with Gasteiger partial charge in [0.1, 0.15) is 6.04 Å². The second-order valence-corrected chi connectivity index (χ2v) is 8.02. The Morgan fingerprint density at radius 2 is 2.07 bits per heavy atom. The molecule has 1 aromatic carbocycles. The van der Waals surface area contributed by atoms with E-state index in [0.717, 1.165) is 11.1 Å². The van der Waals surface area contributed by atoms with Crippen LogP contribution in [0.4, 0.5) is 0 Å². The monoisotopic (exact) mass is 386 g/mol. The van der Waals surface area contributed by atoms with Crippen LogP contribution in [0, 0.1) is 0 Å². The lowest BCUT2D eigenvalue weighted by molar-refractivity contribution is -0.134. The number of amides is 1. The first-order valence-corrected chi connectivity index (χ1v) is 8.92.